The van der Waals surface area contributed by atoms with Crippen LogP contribution in [0.25, 0.3) is 0 Å². The van der Waals surface area contributed by atoms with Crippen molar-refractivity contribution < 1.29 is 9.66 Å². The number of para-hydroxylation sites is 1. The minimum absolute atomic E-state index is 0.128. The quantitative estimate of drug-likeness (QED) is 0.619. The highest BCUT2D eigenvalue weighted by Gasteiger charge is 2.19. The summed E-state index contributed by atoms with van der Waals surface area (Å²) >= 11 is 3.26. The number of ether oxygens (including phenoxy) is 1. The summed E-state index contributed by atoms with van der Waals surface area (Å²) < 4.78 is 6.33. The summed E-state index contributed by atoms with van der Waals surface area (Å²) in [7, 11) is 0. The second-order valence-electron chi connectivity index (χ2n) is 4.03. The monoisotopic (exact) mass is 332 g/mol. The number of benzene rings is 2. The van der Waals surface area contributed by atoms with Gasteiger partial charge in [-0.2, -0.15) is 5.26 Å². The minimum Gasteiger partial charge on any atom is -0.448 e. The first kappa shape index (κ1) is 14.0. The largest absolute Gasteiger partial charge is 0.448 e. The van der Waals surface area contributed by atoms with Crippen LogP contribution in [0.15, 0.2) is 40.9 Å². The first-order chi connectivity index (χ1) is 9.52. The molecular weight excluding hydrogens is 324 g/mol. The molecule has 0 radical (unpaired) electrons. The Kier molecular flexibility index (Phi) is 4.01. The zero-order chi connectivity index (χ0) is 14.7. The average molecular weight is 333 g/mol. The van der Waals surface area contributed by atoms with Crippen LogP contribution in [-0.4, -0.2) is 4.92 Å². The Labute approximate surface area is 123 Å². The first-order valence-electron chi connectivity index (χ1n) is 5.64. The molecule has 0 aliphatic carbocycles. The van der Waals surface area contributed by atoms with E-state index in [4.69, 9.17) is 10.00 Å². The summed E-state index contributed by atoms with van der Waals surface area (Å²) in [6, 6.07) is 11.6. The van der Waals surface area contributed by atoms with Gasteiger partial charge in [0, 0.05) is 10.5 Å². The van der Waals surface area contributed by atoms with Gasteiger partial charge in [-0.1, -0.05) is 28.1 Å². The van der Waals surface area contributed by atoms with Crippen LogP contribution in [0.1, 0.15) is 11.1 Å². The number of nitro groups is 1. The molecule has 2 aromatic carbocycles. The van der Waals surface area contributed by atoms with E-state index in [2.05, 4.69) is 15.9 Å². The normalized spacial score (nSPS) is 9.85. The molecule has 0 heterocycles. The summed E-state index contributed by atoms with van der Waals surface area (Å²) in [5.74, 6) is 0.435. The van der Waals surface area contributed by atoms with Crippen molar-refractivity contribution in [3.8, 4) is 17.6 Å². The molecule has 2 aromatic rings. The highest BCUT2D eigenvalue weighted by molar-refractivity contribution is 9.10. The van der Waals surface area contributed by atoms with Gasteiger partial charge < -0.3 is 4.74 Å². The van der Waals surface area contributed by atoms with E-state index in [0.717, 1.165) is 4.47 Å². The van der Waals surface area contributed by atoms with E-state index in [0.29, 0.717) is 11.1 Å². The fraction of sp³-hybridized carbons (Fsp3) is 0.0714. The third-order valence-corrected chi connectivity index (χ3v) is 3.16. The highest BCUT2D eigenvalue weighted by atomic mass is 79.9. The third kappa shape index (κ3) is 2.78. The maximum atomic E-state index is 11.0. The Morgan fingerprint density at radius 1 is 1.35 bits per heavy atom. The van der Waals surface area contributed by atoms with E-state index in [1.807, 2.05) is 6.07 Å². The van der Waals surface area contributed by atoms with E-state index in [-0.39, 0.29) is 17.2 Å². The molecule has 2 rings (SSSR count). The van der Waals surface area contributed by atoms with Crippen LogP contribution in [0.2, 0.25) is 0 Å². The number of rotatable bonds is 3. The molecule has 0 fully saturated rings. The lowest BCUT2D eigenvalue weighted by molar-refractivity contribution is -0.385. The van der Waals surface area contributed by atoms with Gasteiger partial charge in [-0.15, -0.1) is 0 Å². The molecule has 100 valence electrons. The molecular formula is C14H9BrN2O3. The van der Waals surface area contributed by atoms with Crippen molar-refractivity contribution in [3.05, 3.63) is 62.1 Å². The van der Waals surface area contributed by atoms with Gasteiger partial charge in [0.15, 0.2) is 0 Å². The molecule has 0 saturated carbocycles. The number of hydrogen-bond donors (Lipinski definition) is 0. The topological polar surface area (TPSA) is 76.2 Å². The average Bonchev–Trinajstić information content (AvgIpc) is 2.42. The molecule has 0 N–H and O–H groups in total. The number of nitriles is 1. The molecule has 20 heavy (non-hydrogen) atoms. The molecule has 0 unspecified atom stereocenters. The lowest BCUT2D eigenvalue weighted by Crippen LogP contribution is -1.96. The van der Waals surface area contributed by atoms with Gasteiger partial charge in [0.1, 0.15) is 11.8 Å². The predicted octanol–water partition coefficient (Wildman–Crippen LogP) is 4.33. The molecule has 0 saturated heterocycles. The van der Waals surface area contributed by atoms with Crippen molar-refractivity contribution in [2.45, 2.75) is 6.92 Å². The molecule has 0 aliphatic rings. The van der Waals surface area contributed by atoms with Crippen molar-refractivity contribution in [3.63, 3.8) is 0 Å². The van der Waals surface area contributed by atoms with Gasteiger partial charge in [0.2, 0.25) is 5.75 Å². The van der Waals surface area contributed by atoms with Crippen LogP contribution in [0.3, 0.4) is 0 Å². The fourth-order valence-corrected chi connectivity index (χ4v) is 2.06. The van der Waals surface area contributed by atoms with Crippen LogP contribution in [0, 0.1) is 28.4 Å². The lowest BCUT2D eigenvalue weighted by Gasteiger charge is -2.10. The standard InChI is InChI=1S/C14H9BrN2O3/c1-9-3-2-4-12(17(18)19)14(9)20-13-6-5-11(15)7-10(13)8-16/h2-7H,1H3. The Morgan fingerprint density at radius 2 is 2.10 bits per heavy atom. The van der Waals surface area contributed by atoms with Gasteiger partial charge in [0.05, 0.1) is 10.5 Å². The highest BCUT2D eigenvalue weighted by Crippen LogP contribution is 2.36. The van der Waals surface area contributed by atoms with Crippen LogP contribution >= 0.6 is 15.9 Å². The van der Waals surface area contributed by atoms with Crippen molar-refractivity contribution in [1.29, 1.82) is 5.26 Å². The summed E-state index contributed by atoms with van der Waals surface area (Å²) in [6.07, 6.45) is 0. The molecule has 6 heteroatoms. The first-order valence-corrected chi connectivity index (χ1v) is 6.43. The summed E-state index contributed by atoms with van der Waals surface area (Å²) in [5.41, 5.74) is 0.805. The number of nitro benzene ring substituents is 1. The Morgan fingerprint density at radius 3 is 2.75 bits per heavy atom. The Balaban J connectivity index is 2.51. The Bertz CT molecular complexity index is 723. The maximum Gasteiger partial charge on any atom is 0.311 e. The van der Waals surface area contributed by atoms with Crippen LogP contribution < -0.4 is 4.74 Å². The fourth-order valence-electron chi connectivity index (χ4n) is 1.70. The molecule has 0 spiro atoms. The van der Waals surface area contributed by atoms with Crippen LogP contribution in [0.5, 0.6) is 11.5 Å². The van der Waals surface area contributed by atoms with E-state index >= 15 is 0 Å². The molecule has 0 amide bonds. The zero-order valence-electron chi connectivity index (χ0n) is 10.5. The lowest BCUT2D eigenvalue weighted by atomic mass is 10.2. The SMILES string of the molecule is Cc1cccc([N+](=O)[O-])c1Oc1ccc(Br)cc1C#N. The van der Waals surface area contributed by atoms with Gasteiger partial charge >= 0.3 is 5.69 Å². The Hall–Kier alpha value is -2.39. The minimum atomic E-state index is -0.507. The third-order valence-electron chi connectivity index (χ3n) is 2.66. The van der Waals surface area contributed by atoms with E-state index in [9.17, 15) is 10.1 Å². The summed E-state index contributed by atoms with van der Waals surface area (Å²) in [4.78, 5) is 10.5. The summed E-state index contributed by atoms with van der Waals surface area (Å²) in [5, 5.41) is 20.1. The van der Waals surface area contributed by atoms with E-state index < -0.39 is 4.92 Å². The van der Waals surface area contributed by atoms with E-state index in [1.165, 1.54) is 6.07 Å². The number of aryl methyl sites for hydroxylation is 1. The van der Waals surface area contributed by atoms with Crippen molar-refractivity contribution in [2.75, 3.05) is 0 Å². The summed E-state index contributed by atoms with van der Waals surface area (Å²) in [6.45, 7) is 1.72. The van der Waals surface area contributed by atoms with Gasteiger partial charge in [-0.3, -0.25) is 10.1 Å². The van der Waals surface area contributed by atoms with Crippen LogP contribution in [0.4, 0.5) is 5.69 Å². The van der Waals surface area contributed by atoms with E-state index in [1.54, 1.807) is 37.3 Å². The smallest absolute Gasteiger partial charge is 0.311 e. The van der Waals surface area contributed by atoms with Crippen LogP contribution in [-0.2, 0) is 0 Å². The van der Waals surface area contributed by atoms with Gasteiger partial charge in [-0.05, 0) is 30.7 Å². The number of halogens is 1. The van der Waals surface area contributed by atoms with Crippen molar-refractivity contribution >= 4 is 21.6 Å². The zero-order valence-corrected chi connectivity index (χ0v) is 12.0. The second kappa shape index (κ2) is 5.72. The molecule has 0 aromatic heterocycles. The maximum absolute atomic E-state index is 11.0. The van der Waals surface area contributed by atoms with Crippen molar-refractivity contribution in [1.82, 2.24) is 0 Å². The molecule has 5 nitrogen and oxygen atoms in total. The molecule has 0 atom stereocenters. The molecule has 0 aliphatic heterocycles. The predicted molar refractivity (Wildman–Crippen MR) is 76.8 cm³/mol. The second-order valence-corrected chi connectivity index (χ2v) is 4.95. The van der Waals surface area contributed by atoms with Crippen molar-refractivity contribution in [2.24, 2.45) is 0 Å². The van der Waals surface area contributed by atoms with Gasteiger partial charge in [-0.25, -0.2) is 0 Å². The number of hydrogen-bond acceptors (Lipinski definition) is 4. The molecule has 0 bridgehead atoms. The van der Waals surface area contributed by atoms with Gasteiger partial charge in [0.25, 0.3) is 0 Å². The number of nitrogens with zero attached hydrogens (tertiary/aromatic N) is 2.